The Balaban J connectivity index is 1.63. The van der Waals surface area contributed by atoms with Gasteiger partial charge in [-0.25, -0.2) is 0 Å². The van der Waals surface area contributed by atoms with Gasteiger partial charge in [-0.05, 0) is 50.5 Å². The minimum Gasteiger partial charge on any atom is -0.361 e. The third-order valence-electron chi connectivity index (χ3n) is 4.88. The molecule has 1 saturated heterocycles. The molecule has 1 atom stereocenters. The van der Waals surface area contributed by atoms with Gasteiger partial charge in [-0.15, -0.1) is 0 Å². The predicted molar refractivity (Wildman–Crippen MR) is 104 cm³/mol. The van der Waals surface area contributed by atoms with Gasteiger partial charge in [0, 0.05) is 29.9 Å². The van der Waals surface area contributed by atoms with Crippen molar-refractivity contribution in [3.05, 3.63) is 70.7 Å². The van der Waals surface area contributed by atoms with E-state index in [0.29, 0.717) is 10.6 Å². The SMILES string of the molecule is Cc1cc(C2CCCCN2C(=O)c2cccc(-c3ccc(Cl)cn3)c2)no1. The normalized spacial score (nSPS) is 17.1. The largest absolute Gasteiger partial charge is 0.361 e. The molecule has 0 bridgehead atoms. The second kappa shape index (κ2) is 7.53. The van der Waals surface area contributed by atoms with E-state index < -0.39 is 0 Å². The van der Waals surface area contributed by atoms with E-state index in [9.17, 15) is 4.79 Å². The lowest BCUT2D eigenvalue weighted by atomic mass is 9.97. The number of pyridine rings is 1. The molecule has 4 rings (SSSR count). The highest BCUT2D eigenvalue weighted by atomic mass is 35.5. The van der Waals surface area contributed by atoms with E-state index in [-0.39, 0.29) is 11.9 Å². The van der Waals surface area contributed by atoms with Crippen molar-refractivity contribution >= 4 is 17.5 Å². The smallest absolute Gasteiger partial charge is 0.254 e. The second-order valence-corrected chi connectivity index (χ2v) is 7.25. The number of rotatable bonds is 3. The molecule has 1 fully saturated rings. The van der Waals surface area contributed by atoms with Gasteiger partial charge in [-0.3, -0.25) is 9.78 Å². The molecule has 0 N–H and O–H groups in total. The summed E-state index contributed by atoms with van der Waals surface area (Å²) in [6.45, 7) is 2.59. The Morgan fingerprint density at radius 3 is 2.85 bits per heavy atom. The summed E-state index contributed by atoms with van der Waals surface area (Å²) in [6.07, 6.45) is 4.59. The number of halogens is 1. The summed E-state index contributed by atoms with van der Waals surface area (Å²) in [5.41, 5.74) is 3.16. The maximum atomic E-state index is 13.3. The number of hydrogen-bond acceptors (Lipinski definition) is 4. The summed E-state index contributed by atoms with van der Waals surface area (Å²) in [4.78, 5) is 19.5. The number of aryl methyl sites for hydroxylation is 1. The zero-order valence-corrected chi connectivity index (χ0v) is 15.8. The van der Waals surface area contributed by atoms with Crippen LogP contribution in [0, 0.1) is 6.92 Å². The Morgan fingerprint density at radius 2 is 2.11 bits per heavy atom. The van der Waals surface area contributed by atoms with E-state index in [0.717, 1.165) is 48.5 Å². The molecule has 27 heavy (non-hydrogen) atoms. The minimum atomic E-state index is -0.0407. The average Bonchev–Trinajstić information content (AvgIpc) is 3.14. The first-order valence-corrected chi connectivity index (χ1v) is 9.46. The predicted octanol–water partition coefficient (Wildman–Crippen LogP) is 5.07. The maximum Gasteiger partial charge on any atom is 0.254 e. The van der Waals surface area contributed by atoms with Gasteiger partial charge in [-0.2, -0.15) is 0 Å². The van der Waals surface area contributed by atoms with Crippen molar-refractivity contribution in [2.45, 2.75) is 32.2 Å². The molecule has 1 aromatic carbocycles. The average molecular weight is 382 g/mol. The second-order valence-electron chi connectivity index (χ2n) is 6.82. The molecule has 1 amide bonds. The van der Waals surface area contributed by atoms with Crippen LogP contribution >= 0.6 is 11.6 Å². The third-order valence-corrected chi connectivity index (χ3v) is 5.11. The quantitative estimate of drug-likeness (QED) is 0.635. The van der Waals surface area contributed by atoms with Gasteiger partial charge in [0.15, 0.2) is 0 Å². The van der Waals surface area contributed by atoms with Crippen LogP contribution in [0.4, 0.5) is 0 Å². The molecule has 6 heteroatoms. The van der Waals surface area contributed by atoms with Crippen molar-refractivity contribution in [3.8, 4) is 11.3 Å². The number of aromatic nitrogens is 2. The monoisotopic (exact) mass is 381 g/mol. The van der Waals surface area contributed by atoms with Crippen molar-refractivity contribution in [1.82, 2.24) is 15.0 Å². The Bertz CT molecular complexity index is 952. The van der Waals surface area contributed by atoms with Crippen LogP contribution in [-0.2, 0) is 0 Å². The van der Waals surface area contributed by atoms with Gasteiger partial charge in [0.05, 0.1) is 16.8 Å². The molecule has 1 aliphatic rings. The van der Waals surface area contributed by atoms with Gasteiger partial charge in [-0.1, -0.05) is 28.9 Å². The van der Waals surface area contributed by atoms with Gasteiger partial charge in [0.25, 0.3) is 5.91 Å². The van der Waals surface area contributed by atoms with Crippen LogP contribution < -0.4 is 0 Å². The molecule has 5 nitrogen and oxygen atoms in total. The van der Waals surface area contributed by atoms with Gasteiger partial charge in [0.2, 0.25) is 0 Å². The van der Waals surface area contributed by atoms with E-state index in [1.54, 1.807) is 12.3 Å². The summed E-state index contributed by atoms with van der Waals surface area (Å²) >= 11 is 5.92. The molecular formula is C21H20ClN3O2. The highest BCUT2D eigenvalue weighted by Crippen LogP contribution is 2.32. The van der Waals surface area contributed by atoms with E-state index >= 15 is 0 Å². The number of hydrogen-bond donors (Lipinski definition) is 0. The molecule has 1 unspecified atom stereocenters. The standard InChI is InChI=1S/C21H20ClN3O2/c1-14-11-19(24-27-14)20-7-2-3-10-25(20)21(26)16-6-4-5-15(12-16)18-9-8-17(22)13-23-18/h4-6,8-9,11-13,20H,2-3,7,10H2,1H3. The molecule has 0 saturated carbocycles. The lowest BCUT2D eigenvalue weighted by Gasteiger charge is -2.34. The number of likely N-dealkylation sites (tertiary alicyclic amines) is 1. The molecule has 0 aliphatic carbocycles. The van der Waals surface area contributed by atoms with Crippen LogP contribution in [0.15, 0.2) is 53.2 Å². The number of amides is 1. The first-order valence-electron chi connectivity index (χ1n) is 9.08. The Labute approximate surface area is 163 Å². The first kappa shape index (κ1) is 17.7. The lowest BCUT2D eigenvalue weighted by molar-refractivity contribution is 0.0602. The number of carbonyl (C=O) groups is 1. The number of carbonyl (C=O) groups excluding carboxylic acids is 1. The van der Waals surface area contributed by atoms with Crippen molar-refractivity contribution in [2.24, 2.45) is 0 Å². The Hall–Kier alpha value is -2.66. The van der Waals surface area contributed by atoms with Gasteiger partial charge in [0.1, 0.15) is 11.5 Å². The highest BCUT2D eigenvalue weighted by Gasteiger charge is 2.30. The van der Waals surface area contributed by atoms with Crippen molar-refractivity contribution < 1.29 is 9.32 Å². The molecule has 2 aromatic heterocycles. The molecular weight excluding hydrogens is 362 g/mol. The fraction of sp³-hybridized carbons (Fsp3) is 0.286. The number of benzene rings is 1. The van der Waals surface area contributed by atoms with Crippen molar-refractivity contribution in [3.63, 3.8) is 0 Å². The van der Waals surface area contributed by atoms with E-state index in [2.05, 4.69) is 10.1 Å². The topological polar surface area (TPSA) is 59.2 Å². The van der Waals surface area contributed by atoms with E-state index in [1.165, 1.54) is 0 Å². The highest BCUT2D eigenvalue weighted by molar-refractivity contribution is 6.30. The minimum absolute atomic E-state index is 0.0103. The number of nitrogens with zero attached hydrogens (tertiary/aromatic N) is 3. The molecule has 0 spiro atoms. The summed E-state index contributed by atoms with van der Waals surface area (Å²) < 4.78 is 5.23. The van der Waals surface area contributed by atoms with Gasteiger partial charge < -0.3 is 9.42 Å². The van der Waals surface area contributed by atoms with Crippen LogP contribution in [-0.4, -0.2) is 27.5 Å². The lowest BCUT2D eigenvalue weighted by Crippen LogP contribution is -2.38. The molecule has 0 radical (unpaired) electrons. The van der Waals surface area contributed by atoms with Crippen LogP contribution in [0.3, 0.4) is 0 Å². The van der Waals surface area contributed by atoms with Gasteiger partial charge >= 0.3 is 0 Å². The summed E-state index contributed by atoms with van der Waals surface area (Å²) in [6, 6.07) is 13.1. The molecule has 138 valence electrons. The fourth-order valence-electron chi connectivity index (χ4n) is 3.55. The molecule has 3 heterocycles. The Morgan fingerprint density at radius 1 is 1.22 bits per heavy atom. The van der Waals surface area contributed by atoms with Crippen LogP contribution in [0.2, 0.25) is 5.02 Å². The number of piperidine rings is 1. The molecule has 1 aliphatic heterocycles. The van der Waals surface area contributed by atoms with Crippen LogP contribution in [0.1, 0.15) is 47.1 Å². The summed E-state index contributed by atoms with van der Waals surface area (Å²) in [7, 11) is 0. The summed E-state index contributed by atoms with van der Waals surface area (Å²) in [5.74, 6) is 0.773. The zero-order valence-electron chi connectivity index (χ0n) is 15.1. The fourth-order valence-corrected chi connectivity index (χ4v) is 3.66. The van der Waals surface area contributed by atoms with Crippen molar-refractivity contribution in [1.29, 1.82) is 0 Å². The third kappa shape index (κ3) is 3.74. The van der Waals surface area contributed by atoms with E-state index in [4.69, 9.17) is 16.1 Å². The van der Waals surface area contributed by atoms with Crippen LogP contribution in [0.5, 0.6) is 0 Å². The summed E-state index contributed by atoms with van der Waals surface area (Å²) in [5, 5.41) is 4.74. The Kier molecular flexibility index (Phi) is 4.94. The zero-order chi connectivity index (χ0) is 18.8. The maximum absolute atomic E-state index is 13.3. The van der Waals surface area contributed by atoms with E-state index in [1.807, 2.05) is 48.2 Å². The molecule has 3 aromatic rings. The van der Waals surface area contributed by atoms with Crippen LogP contribution in [0.25, 0.3) is 11.3 Å². The first-order chi connectivity index (χ1) is 13.1. The van der Waals surface area contributed by atoms with Crippen molar-refractivity contribution in [2.75, 3.05) is 6.54 Å².